The zero-order chi connectivity index (χ0) is 20.1. The Morgan fingerprint density at radius 3 is 2.36 bits per heavy atom. The molecule has 1 heterocycles. The molecule has 146 valence electrons. The average Bonchev–Trinajstić information content (AvgIpc) is 3.00. The number of aromatic nitrogens is 1. The molecule has 0 aliphatic rings. The zero-order valence-corrected chi connectivity index (χ0v) is 17.2. The Labute approximate surface area is 170 Å². The van der Waals surface area contributed by atoms with E-state index in [1.54, 1.807) is 26.0 Å². The molecular formula is C21H21ClN2O3S. The molecule has 1 aromatic heterocycles. The van der Waals surface area contributed by atoms with Gasteiger partial charge < -0.3 is 4.52 Å². The first kappa shape index (κ1) is 20.3. The van der Waals surface area contributed by atoms with E-state index in [0.29, 0.717) is 16.5 Å². The Balaban J connectivity index is 1.94. The van der Waals surface area contributed by atoms with Gasteiger partial charge in [0.15, 0.2) is 0 Å². The number of nitrogens with zero attached hydrogens (tertiary/aromatic N) is 2. The minimum atomic E-state index is -3.72. The molecule has 0 amide bonds. The predicted molar refractivity (Wildman–Crippen MR) is 111 cm³/mol. The number of hydrogen-bond donors (Lipinski definition) is 0. The number of benzene rings is 2. The third kappa shape index (κ3) is 4.90. The van der Waals surface area contributed by atoms with Crippen molar-refractivity contribution in [2.24, 2.45) is 0 Å². The summed E-state index contributed by atoms with van der Waals surface area (Å²) >= 11 is 6.27. The standard InChI is InChI=1S/C21H21ClN2O3S/c1-16-20(17(2)27-23-16)15-24(14-19-10-6-7-11-21(19)22)28(25,26)13-12-18-8-4-3-5-9-18/h3-13H,14-15H2,1-2H3/b13-12+. The summed E-state index contributed by atoms with van der Waals surface area (Å²) in [5, 5.41) is 5.67. The van der Waals surface area contributed by atoms with Crippen LogP contribution in [0, 0.1) is 13.8 Å². The van der Waals surface area contributed by atoms with Crippen LogP contribution in [0.4, 0.5) is 0 Å². The van der Waals surface area contributed by atoms with Gasteiger partial charge in [0.25, 0.3) is 0 Å². The molecule has 0 aliphatic heterocycles. The van der Waals surface area contributed by atoms with Gasteiger partial charge in [0, 0.05) is 29.1 Å². The quantitative estimate of drug-likeness (QED) is 0.546. The molecule has 0 N–H and O–H groups in total. The summed E-state index contributed by atoms with van der Waals surface area (Å²) in [5.41, 5.74) is 2.96. The largest absolute Gasteiger partial charge is 0.361 e. The fourth-order valence-electron chi connectivity index (χ4n) is 2.77. The maximum Gasteiger partial charge on any atom is 0.236 e. The first-order chi connectivity index (χ1) is 13.4. The number of halogens is 1. The summed E-state index contributed by atoms with van der Waals surface area (Å²) in [4.78, 5) is 0. The minimum Gasteiger partial charge on any atom is -0.361 e. The molecule has 3 aromatic rings. The molecule has 0 spiro atoms. The van der Waals surface area contributed by atoms with Crippen LogP contribution in [-0.4, -0.2) is 17.9 Å². The normalized spacial score (nSPS) is 12.1. The van der Waals surface area contributed by atoms with Crippen LogP contribution in [0.1, 0.15) is 28.1 Å². The van der Waals surface area contributed by atoms with Gasteiger partial charge >= 0.3 is 0 Å². The van der Waals surface area contributed by atoms with Crippen LogP contribution < -0.4 is 0 Å². The van der Waals surface area contributed by atoms with Crippen LogP contribution in [-0.2, 0) is 23.1 Å². The fraction of sp³-hybridized carbons (Fsp3) is 0.190. The van der Waals surface area contributed by atoms with Crippen molar-refractivity contribution in [3.63, 3.8) is 0 Å². The molecule has 2 aromatic carbocycles. The fourth-order valence-corrected chi connectivity index (χ4v) is 4.10. The van der Waals surface area contributed by atoms with Gasteiger partial charge in [-0.05, 0) is 37.1 Å². The van der Waals surface area contributed by atoms with Crippen molar-refractivity contribution in [1.82, 2.24) is 9.46 Å². The molecule has 0 saturated heterocycles. The highest BCUT2D eigenvalue weighted by Crippen LogP contribution is 2.23. The molecule has 28 heavy (non-hydrogen) atoms. The van der Waals surface area contributed by atoms with E-state index in [0.717, 1.165) is 16.7 Å². The van der Waals surface area contributed by atoms with Gasteiger partial charge in [-0.1, -0.05) is 65.3 Å². The third-order valence-electron chi connectivity index (χ3n) is 4.41. The summed E-state index contributed by atoms with van der Waals surface area (Å²) in [6, 6.07) is 16.5. The van der Waals surface area contributed by atoms with E-state index in [1.165, 1.54) is 9.71 Å². The van der Waals surface area contributed by atoms with Crippen molar-refractivity contribution in [3.05, 3.63) is 93.2 Å². The lowest BCUT2D eigenvalue weighted by molar-refractivity contribution is 0.383. The van der Waals surface area contributed by atoms with Crippen LogP contribution >= 0.6 is 11.6 Å². The average molecular weight is 417 g/mol. The van der Waals surface area contributed by atoms with Crippen molar-refractivity contribution in [2.75, 3.05) is 0 Å². The van der Waals surface area contributed by atoms with Crippen molar-refractivity contribution in [3.8, 4) is 0 Å². The second kappa shape index (κ2) is 8.73. The maximum absolute atomic E-state index is 13.1. The molecule has 0 saturated carbocycles. The number of sulfonamides is 1. The molecule has 7 heteroatoms. The number of hydrogen-bond acceptors (Lipinski definition) is 4. The highest BCUT2D eigenvalue weighted by molar-refractivity contribution is 7.92. The van der Waals surface area contributed by atoms with E-state index in [4.69, 9.17) is 16.1 Å². The van der Waals surface area contributed by atoms with Gasteiger partial charge in [-0.25, -0.2) is 8.42 Å². The molecule has 0 unspecified atom stereocenters. The molecule has 3 rings (SSSR count). The molecule has 0 radical (unpaired) electrons. The lowest BCUT2D eigenvalue weighted by Gasteiger charge is -2.21. The molecule has 0 aliphatic carbocycles. The van der Waals surface area contributed by atoms with Crippen molar-refractivity contribution in [2.45, 2.75) is 26.9 Å². The van der Waals surface area contributed by atoms with Crippen LogP contribution in [0.3, 0.4) is 0 Å². The van der Waals surface area contributed by atoms with Gasteiger partial charge in [-0.3, -0.25) is 0 Å². The maximum atomic E-state index is 13.1. The van der Waals surface area contributed by atoms with E-state index in [1.807, 2.05) is 48.5 Å². The van der Waals surface area contributed by atoms with Crippen LogP contribution in [0.2, 0.25) is 5.02 Å². The second-order valence-electron chi connectivity index (χ2n) is 6.42. The Kier molecular flexibility index (Phi) is 6.34. The Morgan fingerprint density at radius 2 is 1.71 bits per heavy atom. The molecule has 0 fully saturated rings. The van der Waals surface area contributed by atoms with Gasteiger partial charge in [0.05, 0.1) is 5.69 Å². The summed E-state index contributed by atoms with van der Waals surface area (Å²) < 4.78 is 32.8. The highest BCUT2D eigenvalue weighted by atomic mass is 35.5. The monoisotopic (exact) mass is 416 g/mol. The third-order valence-corrected chi connectivity index (χ3v) is 6.24. The van der Waals surface area contributed by atoms with E-state index >= 15 is 0 Å². The number of aryl methyl sites for hydroxylation is 2. The summed E-state index contributed by atoms with van der Waals surface area (Å²) in [5.74, 6) is 0.601. The van der Waals surface area contributed by atoms with E-state index in [2.05, 4.69) is 5.16 Å². The van der Waals surface area contributed by atoms with Crippen molar-refractivity contribution < 1.29 is 12.9 Å². The smallest absolute Gasteiger partial charge is 0.236 e. The topological polar surface area (TPSA) is 63.4 Å². The number of rotatable bonds is 7. The van der Waals surface area contributed by atoms with E-state index in [-0.39, 0.29) is 13.1 Å². The lowest BCUT2D eigenvalue weighted by Crippen LogP contribution is -2.29. The van der Waals surface area contributed by atoms with E-state index in [9.17, 15) is 8.42 Å². The summed E-state index contributed by atoms with van der Waals surface area (Å²) in [6.07, 6.45) is 1.59. The van der Waals surface area contributed by atoms with E-state index < -0.39 is 10.0 Å². The lowest BCUT2D eigenvalue weighted by atomic mass is 10.2. The van der Waals surface area contributed by atoms with Gasteiger partial charge in [0.2, 0.25) is 10.0 Å². The SMILES string of the molecule is Cc1noc(C)c1CN(Cc1ccccc1Cl)S(=O)(=O)/C=C/c1ccccc1. The van der Waals surface area contributed by atoms with Gasteiger partial charge in [-0.2, -0.15) is 4.31 Å². The van der Waals surface area contributed by atoms with Crippen LogP contribution in [0.15, 0.2) is 64.5 Å². The second-order valence-corrected chi connectivity index (χ2v) is 8.65. The first-order valence-corrected chi connectivity index (χ1v) is 10.6. The van der Waals surface area contributed by atoms with Gasteiger partial charge in [-0.15, -0.1) is 0 Å². The minimum absolute atomic E-state index is 0.144. The Bertz CT molecular complexity index is 1060. The highest BCUT2D eigenvalue weighted by Gasteiger charge is 2.24. The zero-order valence-electron chi connectivity index (χ0n) is 15.7. The van der Waals surface area contributed by atoms with Gasteiger partial charge in [0.1, 0.15) is 5.76 Å². The Morgan fingerprint density at radius 1 is 1.04 bits per heavy atom. The predicted octanol–water partition coefficient (Wildman–Crippen LogP) is 4.95. The van der Waals surface area contributed by atoms with Crippen LogP contribution in [0.5, 0.6) is 0 Å². The molecule has 0 atom stereocenters. The first-order valence-electron chi connectivity index (χ1n) is 8.75. The molecular weight excluding hydrogens is 396 g/mol. The Hall–Kier alpha value is -2.41. The van der Waals surface area contributed by atoms with Crippen LogP contribution in [0.25, 0.3) is 6.08 Å². The summed E-state index contributed by atoms with van der Waals surface area (Å²) in [6.45, 7) is 3.86. The summed E-state index contributed by atoms with van der Waals surface area (Å²) in [7, 11) is -3.72. The molecule has 0 bridgehead atoms. The van der Waals surface area contributed by atoms with Crippen molar-refractivity contribution >= 4 is 27.7 Å². The van der Waals surface area contributed by atoms with Crippen molar-refractivity contribution in [1.29, 1.82) is 0 Å². The molecule has 5 nitrogen and oxygen atoms in total.